The number of halogens is 1. The van der Waals surface area contributed by atoms with Crippen molar-refractivity contribution < 1.29 is 4.39 Å². The van der Waals surface area contributed by atoms with Gasteiger partial charge >= 0.3 is 0 Å². The predicted octanol–water partition coefficient (Wildman–Crippen LogP) is 3.56. The molecule has 0 radical (unpaired) electrons. The van der Waals surface area contributed by atoms with Crippen molar-refractivity contribution in [1.82, 2.24) is 9.97 Å². The standard InChI is InChI=1S/C12H8FN3S2/c13-8-2-1-5-15-11(8)18-12-16-9-4-3-7(14)6-10(9)17-12/h1-6H,14H2. The lowest BCUT2D eigenvalue weighted by atomic mass is 10.3. The average Bonchev–Trinajstić information content (AvgIpc) is 2.73. The number of benzene rings is 1. The molecule has 3 nitrogen and oxygen atoms in total. The van der Waals surface area contributed by atoms with Crippen LogP contribution in [0.3, 0.4) is 0 Å². The summed E-state index contributed by atoms with van der Waals surface area (Å²) in [7, 11) is 0. The molecule has 6 heteroatoms. The van der Waals surface area contributed by atoms with Crippen molar-refractivity contribution in [1.29, 1.82) is 0 Å². The van der Waals surface area contributed by atoms with Crippen LogP contribution in [0.2, 0.25) is 0 Å². The molecule has 0 fully saturated rings. The lowest BCUT2D eigenvalue weighted by Crippen LogP contribution is -1.84. The van der Waals surface area contributed by atoms with E-state index in [1.807, 2.05) is 12.1 Å². The fourth-order valence-electron chi connectivity index (χ4n) is 1.49. The molecule has 1 aromatic carbocycles. The van der Waals surface area contributed by atoms with Crippen molar-refractivity contribution >= 4 is 39.0 Å². The minimum Gasteiger partial charge on any atom is -0.399 e. The lowest BCUT2D eigenvalue weighted by molar-refractivity contribution is 0.588. The van der Waals surface area contributed by atoms with Crippen molar-refractivity contribution in [3.63, 3.8) is 0 Å². The Morgan fingerprint density at radius 2 is 2.17 bits per heavy atom. The molecule has 0 saturated heterocycles. The molecule has 0 atom stereocenters. The van der Waals surface area contributed by atoms with Gasteiger partial charge in [0.25, 0.3) is 0 Å². The van der Waals surface area contributed by atoms with E-state index in [1.165, 1.54) is 29.2 Å². The van der Waals surface area contributed by atoms with E-state index in [2.05, 4.69) is 9.97 Å². The first kappa shape index (κ1) is 11.4. The van der Waals surface area contributed by atoms with Gasteiger partial charge in [-0.3, -0.25) is 0 Å². The number of hydrogen-bond donors (Lipinski definition) is 1. The van der Waals surface area contributed by atoms with E-state index < -0.39 is 0 Å². The maximum absolute atomic E-state index is 13.5. The summed E-state index contributed by atoms with van der Waals surface area (Å²) in [5, 5.41) is 0.338. The average molecular weight is 277 g/mol. The second-order valence-corrected chi connectivity index (χ2v) is 5.87. The van der Waals surface area contributed by atoms with Gasteiger partial charge in [-0.2, -0.15) is 0 Å². The Morgan fingerprint density at radius 3 is 3.00 bits per heavy atom. The highest BCUT2D eigenvalue weighted by Gasteiger charge is 2.09. The molecule has 0 saturated carbocycles. The van der Waals surface area contributed by atoms with E-state index in [0.717, 1.165) is 14.6 Å². The topological polar surface area (TPSA) is 51.8 Å². The molecule has 3 rings (SSSR count). The molecular formula is C12H8FN3S2. The summed E-state index contributed by atoms with van der Waals surface area (Å²) in [5.74, 6) is -0.332. The maximum atomic E-state index is 13.5. The van der Waals surface area contributed by atoms with Crippen LogP contribution in [-0.2, 0) is 0 Å². The summed E-state index contributed by atoms with van der Waals surface area (Å²) in [4.78, 5) is 8.40. The molecule has 2 heterocycles. The predicted molar refractivity (Wildman–Crippen MR) is 72.4 cm³/mol. The molecule has 2 N–H and O–H groups in total. The van der Waals surface area contributed by atoms with Gasteiger partial charge in [0.2, 0.25) is 0 Å². The van der Waals surface area contributed by atoms with Gasteiger partial charge in [0.15, 0.2) is 10.2 Å². The molecule has 0 aliphatic heterocycles. The molecule has 3 aromatic rings. The van der Waals surface area contributed by atoms with Gasteiger partial charge < -0.3 is 5.73 Å². The largest absolute Gasteiger partial charge is 0.399 e. The molecule has 90 valence electrons. The number of fused-ring (bicyclic) bond motifs is 1. The highest BCUT2D eigenvalue weighted by Crippen LogP contribution is 2.34. The van der Waals surface area contributed by atoms with Crippen LogP contribution in [0.1, 0.15) is 0 Å². The zero-order valence-corrected chi connectivity index (χ0v) is 10.8. The van der Waals surface area contributed by atoms with Gasteiger partial charge in [0.1, 0.15) is 5.03 Å². The quantitative estimate of drug-likeness (QED) is 0.728. The Morgan fingerprint density at radius 1 is 1.28 bits per heavy atom. The fourth-order valence-corrected chi connectivity index (χ4v) is 3.50. The van der Waals surface area contributed by atoms with Crippen LogP contribution in [0.25, 0.3) is 10.2 Å². The number of nitrogens with zero attached hydrogens (tertiary/aromatic N) is 2. The van der Waals surface area contributed by atoms with Gasteiger partial charge in [-0.1, -0.05) is 0 Å². The minimum absolute atomic E-state index is 0.332. The molecule has 0 bridgehead atoms. The van der Waals surface area contributed by atoms with E-state index in [4.69, 9.17) is 5.73 Å². The Kier molecular flexibility index (Phi) is 2.89. The van der Waals surface area contributed by atoms with Crippen LogP contribution in [0, 0.1) is 5.82 Å². The number of rotatable bonds is 2. The Labute approximate surface area is 111 Å². The van der Waals surface area contributed by atoms with E-state index >= 15 is 0 Å². The van der Waals surface area contributed by atoms with E-state index in [1.54, 1.807) is 18.3 Å². The van der Waals surface area contributed by atoms with Gasteiger partial charge in [-0.15, -0.1) is 11.3 Å². The molecule has 2 aromatic heterocycles. The van der Waals surface area contributed by atoms with Crippen molar-refractivity contribution in [3.8, 4) is 0 Å². The monoisotopic (exact) mass is 277 g/mol. The molecule has 0 unspecified atom stereocenters. The number of anilines is 1. The summed E-state index contributed by atoms with van der Waals surface area (Å²) in [6.07, 6.45) is 1.57. The highest BCUT2D eigenvalue weighted by atomic mass is 32.2. The third-order valence-corrected chi connectivity index (χ3v) is 4.37. The van der Waals surface area contributed by atoms with Crippen molar-refractivity contribution in [2.24, 2.45) is 0 Å². The second-order valence-electron chi connectivity index (χ2n) is 3.60. The number of pyridine rings is 1. The van der Waals surface area contributed by atoms with Gasteiger partial charge in [0, 0.05) is 11.9 Å². The van der Waals surface area contributed by atoms with Crippen LogP contribution in [0.4, 0.5) is 10.1 Å². The Balaban J connectivity index is 1.98. The fraction of sp³-hybridized carbons (Fsp3) is 0. The van der Waals surface area contributed by atoms with Gasteiger partial charge in [0.05, 0.1) is 10.2 Å². The Bertz CT molecular complexity index is 711. The molecular weight excluding hydrogens is 269 g/mol. The van der Waals surface area contributed by atoms with Crippen LogP contribution in [-0.4, -0.2) is 9.97 Å². The first-order valence-corrected chi connectivity index (χ1v) is 6.80. The molecule has 18 heavy (non-hydrogen) atoms. The summed E-state index contributed by atoms with van der Waals surface area (Å²) in [6.45, 7) is 0. The number of nitrogen functional groups attached to an aromatic ring is 1. The minimum atomic E-state index is -0.332. The van der Waals surface area contributed by atoms with E-state index in [9.17, 15) is 4.39 Å². The van der Waals surface area contributed by atoms with Crippen LogP contribution in [0.15, 0.2) is 45.9 Å². The van der Waals surface area contributed by atoms with Crippen molar-refractivity contribution in [2.75, 3.05) is 5.73 Å². The second kappa shape index (κ2) is 4.55. The van der Waals surface area contributed by atoms with E-state index in [0.29, 0.717) is 10.7 Å². The maximum Gasteiger partial charge on any atom is 0.157 e. The molecule has 0 aliphatic rings. The molecule has 0 spiro atoms. The Hall–Kier alpha value is -1.66. The molecule has 0 amide bonds. The third kappa shape index (κ3) is 2.16. The summed E-state index contributed by atoms with van der Waals surface area (Å²) >= 11 is 2.71. The first-order valence-electron chi connectivity index (χ1n) is 5.17. The molecule has 0 aliphatic carbocycles. The summed E-state index contributed by atoms with van der Waals surface area (Å²) < 4.78 is 15.2. The highest BCUT2D eigenvalue weighted by molar-refractivity contribution is 8.01. The normalized spacial score (nSPS) is 10.9. The van der Waals surface area contributed by atoms with E-state index in [-0.39, 0.29) is 5.82 Å². The van der Waals surface area contributed by atoms with Crippen molar-refractivity contribution in [3.05, 3.63) is 42.3 Å². The van der Waals surface area contributed by atoms with Gasteiger partial charge in [-0.05, 0) is 42.1 Å². The van der Waals surface area contributed by atoms with Gasteiger partial charge in [-0.25, -0.2) is 14.4 Å². The third-order valence-electron chi connectivity index (χ3n) is 2.30. The smallest absolute Gasteiger partial charge is 0.157 e. The number of nitrogens with two attached hydrogens (primary N) is 1. The lowest BCUT2D eigenvalue weighted by Gasteiger charge is -1.96. The van der Waals surface area contributed by atoms with Crippen LogP contribution in [0.5, 0.6) is 0 Å². The number of hydrogen-bond acceptors (Lipinski definition) is 5. The number of aromatic nitrogens is 2. The van der Waals surface area contributed by atoms with Crippen LogP contribution >= 0.6 is 23.1 Å². The zero-order valence-electron chi connectivity index (χ0n) is 9.13. The SMILES string of the molecule is Nc1ccc2nc(Sc3ncccc3F)sc2c1. The number of thiazole rings is 1. The summed E-state index contributed by atoms with van der Waals surface area (Å²) in [6, 6.07) is 8.49. The summed E-state index contributed by atoms with van der Waals surface area (Å²) in [5.41, 5.74) is 7.28. The van der Waals surface area contributed by atoms with Crippen molar-refractivity contribution in [2.45, 2.75) is 9.37 Å². The first-order chi connectivity index (χ1) is 8.72. The van der Waals surface area contributed by atoms with Crippen LogP contribution < -0.4 is 5.73 Å². The zero-order chi connectivity index (χ0) is 12.5.